The second-order valence-corrected chi connectivity index (χ2v) is 5.98. The number of anilines is 1. The Morgan fingerprint density at radius 1 is 1.27 bits per heavy atom. The average molecular weight is 370 g/mol. The summed E-state index contributed by atoms with van der Waals surface area (Å²) in [7, 11) is 0. The minimum absolute atomic E-state index is 0.448. The largest absolute Gasteiger partial charge is 0.379 e. The predicted octanol–water partition coefficient (Wildman–Crippen LogP) is 1.14. The minimum Gasteiger partial charge on any atom is -0.379 e. The van der Waals surface area contributed by atoms with Gasteiger partial charge in [-0.15, -0.1) is 0 Å². The number of nitrogens with zero attached hydrogens (tertiary/aromatic N) is 1. The monoisotopic (exact) mass is 369 g/mol. The van der Waals surface area contributed by atoms with E-state index in [0.717, 1.165) is 42.9 Å². The van der Waals surface area contributed by atoms with Crippen LogP contribution in [0.2, 0.25) is 0 Å². The maximum absolute atomic E-state index is 11.8. The van der Waals surface area contributed by atoms with Crippen molar-refractivity contribution in [2.45, 2.75) is 6.92 Å². The Balaban J connectivity index is 1.74. The highest BCUT2D eigenvalue weighted by Crippen LogP contribution is 2.20. The normalized spacial score (nSPS) is 15.4. The number of ether oxygens (including phenoxy) is 1. The van der Waals surface area contributed by atoms with Gasteiger partial charge in [0.15, 0.2) is 0 Å². The molecule has 0 aromatic heterocycles. The SMILES string of the molecule is Cc1ccc(NC(=O)C(=O)NCCN2CCOCC2)cc1Br. The van der Waals surface area contributed by atoms with Crippen LogP contribution in [0.15, 0.2) is 22.7 Å². The molecule has 1 aliphatic heterocycles. The van der Waals surface area contributed by atoms with Gasteiger partial charge in [-0.3, -0.25) is 14.5 Å². The van der Waals surface area contributed by atoms with Crippen molar-refractivity contribution in [1.82, 2.24) is 10.2 Å². The lowest BCUT2D eigenvalue weighted by molar-refractivity contribution is -0.136. The molecule has 0 saturated carbocycles. The van der Waals surface area contributed by atoms with E-state index in [9.17, 15) is 9.59 Å². The molecule has 1 saturated heterocycles. The first kappa shape index (κ1) is 16.9. The van der Waals surface area contributed by atoms with Crippen molar-refractivity contribution in [3.8, 4) is 0 Å². The fourth-order valence-corrected chi connectivity index (χ4v) is 2.47. The van der Waals surface area contributed by atoms with Gasteiger partial charge in [0, 0.05) is 36.3 Å². The molecule has 2 amide bonds. The molecule has 1 aromatic rings. The van der Waals surface area contributed by atoms with Gasteiger partial charge in [0.1, 0.15) is 0 Å². The van der Waals surface area contributed by atoms with Crippen LogP contribution in [0.4, 0.5) is 5.69 Å². The summed E-state index contributed by atoms with van der Waals surface area (Å²) in [5.41, 5.74) is 1.65. The number of aryl methyl sites for hydroxylation is 1. The number of rotatable bonds is 4. The Labute approximate surface area is 138 Å². The van der Waals surface area contributed by atoms with Crippen molar-refractivity contribution in [1.29, 1.82) is 0 Å². The van der Waals surface area contributed by atoms with E-state index >= 15 is 0 Å². The Hall–Kier alpha value is -1.44. The summed E-state index contributed by atoms with van der Waals surface area (Å²) < 4.78 is 6.14. The quantitative estimate of drug-likeness (QED) is 0.780. The van der Waals surface area contributed by atoms with Gasteiger partial charge in [0.2, 0.25) is 0 Å². The third-order valence-electron chi connectivity index (χ3n) is 3.45. The molecule has 6 nitrogen and oxygen atoms in total. The molecule has 120 valence electrons. The summed E-state index contributed by atoms with van der Waals surface area (Å²) in [6.07, 6.45) is 0. The standard InChI is InChI=1S/C15H20BrN3O3/c1-11-2-3-12(10-13(11)16)18-15(21)14(20)17-4-5-19-6-8-22-9-7-19/h2-3,10H,4-9H2,1H3,(H,17,20)(H,18,21). The number of carbonyl (C=O) groups is 2. The Morgan fingerprint density at radius 2 is 2.00 bits per heavy atom. The summed E-state index contributed by atoms with van der Waals surface area (Å²) >= 11 is 3.39. The van der Waals surface area contributed by atoms with Gasteiger partial charge < -0.3 is 15.4 Å². The maximum atomic E-state index is 11.8. The van der Waals surface area contributed by atoms with E-state index in [1.54, 1.807) is 12.1 Å². The molecule has 22 heavy (non-hydrogen) atoms. The number of hydrogen-bond donors (Lipinski definition) is 2. The van der Waals surface area contributed by atoms with Crippen molar-refractivity contribution in [2.75, 3.05) is 44.7 Å². The van der Waals surface area contributed by atoms with Crippen molar-refractivity contribution < 1.29 is 14.3 Å². The van der Waals surface area contributed by atoms with Crippen LogP contribution in [0.25, 0.3) is 0 Å². The van der Waals surface area contributed by atoms with Crippen LogP contribution >= 0.6 is 15.9 Å². The molecule has 0 bridgehead atoms. The van der Waals surface area contributed by atoms with E-state index in [4.69, 9.17) is 4.74 Å². The fraction of sp³-hybridized carbons (Fsp3) is 0.467. The van der Waals surface area contributed by atoms with Gasteiger partial charge in [0.25, 0.3) is 0 Å². The van der Waals surface area contributed by atoms with E-state index in [0.29, 0.717) is 12.2 Å². The first-order chi connectivity index (χ1) is 10.6. The molecule has 1 aromatic carbocycles. The first-order valence-electron chi connectivity index (χ1n) is 7.21. The number of hydrogen-bond acceptors (Lipinski definition) is 4. The Bertz CT molecular complexity index is 545. The molecular weight excluding hydrogens is 350 g/mol. The van der Waals surface area contributed by atoms with Crippen molar-refractivity contribution >= 4 is 33.4 Å². The van der Waals surface area contributed by atoms with E-state index in [-0.39, 0.29) is 0 Å². The van der Waals surface area contributed by atoms with Gasteiger partial charge in [-0.2, -0.15) is 0 Å². The van der Waals surface area contributed by atoms with Crippen LogP contribution in [0, 0.1) is 6.92 Å². The molecule has 1 aliphatic rings. The number of benzene rings is 1. The highest BCUT2D eigenvalue weighted by atomic mass is 79.9. The van der Waals surface area contributed by atoms with E-state index < -0.39 is 11.8 Å². The molecule has 0 unspecified atom stereocenters. The van der Waals surface area contributed by atoms with Crippen LogP contribution in [-0.2, 0) is 14.3 Å². The average Bonchev–Trinajstić information content (AvgIpc) is 2.52. The highest BCUT2D eigenvalue weighted by molar-refractivity contribution is 9.10. The topological polar surface area (TPSA) is 70.7 Å². The van der Waals surface area contributed by atoms with Gasteiger partial charge in [-0.05, 0) is 24.6 Å². The molecule has 7 heteroatoms. The van der Waals surface area contributed by atoms with Crippen molar-refractivity contribution in [2.24, 2.45) is 0 Å². The second-order valence-electron chi connectivity index (χ2n) is 5.13. The van der Waals surface area contributed by atoms with Crippen molar-refractivity contribution in [3.05, 3.63) is 28.2 Å². The molecule has 2 N–H and O–H groups in total. The Kier molecular flexibility index (Phi) is 6.35. The van der Waals surface area contributed by atoms with Crippen LogP contribution in [0.3, 0.4) is 0 Å². The molecule has 0 spiro atoms. The van der Waals surface area contributed by atoms with Gasteiger partial charge in [-0.25, -0.2) is 0 Å². The van der Waals surface area contributed by atoms with Gasteiger partial charge in [0.05, 0.1) is 13.2 Å². The highest BCUT2D eigenvalue weighted by Gasteiger charge is 2.15. The molecule has 2 rings (SSSR count). The molecule has 0 atom stereocenters. The third-order valence-corrected chi connectivity index (χ3v) is 4.31. The summed E-state index contributed by atoms with van der Waals surface area (Å²) in [6.45, 7) is 6.28. The van der Waals surface area contributed by atoms with Gasteiger partial charge >= 0.3 is 11.8 Å². The van der Waals surface area contributed by atoms with Crippen LogP contribution < -0.4 is 10.6 Å². The molecule has 1 fully saturated rings. The van der Waals surface area contributed by atoms with Crippen LogP contribution in [0.5, 0.6) is 0 Å². The minimum atomic E-state index is -0.655. The predicted molar refractivity (Wildman–Crippen MR) is 87.8 cm³/mol. The first-order valence-corrected chi connectivity index (χ1v) is 8.01. The van der Waals surface area contributed by atoms with Gasteiger partial charge in [-0.1, -0.05) is 22.0 Å². The summed E-state index contributed by atoms with van der Waals surface area (Å²) in [5, 5.41) is 5.21. The maximum Gasteiger partial charge on any atom is 0.313 e. The number of morpholine rings is 1. The molecule has 0 aliphatic carbocycles. The van der Waals surface area contributed by atoms with Crippen LogP contribution in [0.1, 0.15) is 5.56 Å². The molecule has 0 radical (unpaired) electrons. The fourth-order valence-electron chi connectivity index (χ4n) is 2.09. The molecule has 1 heterocycles. The summed E-state index contributed by atoms with van der Waals surface area (Å²) in [6, 6.07) is 5.41. The number of amides is 2. The van der Waals surface area contributed by atoms with E-state index in [1.807, 2.05) is 13.0 Å². The number of halogens is 1. The lowest BCUT2D eigenvalue weighted by Gasteiger charge is -2.26. The lowest BCUT2D eigenvalue weighted by Crippen LogP contribution is -2.43. The zero-order valence-electron chi connectivity index (χ0n) is 12.5. The van der Waals surface area contributed by atoms with Crippen molar-refractivity contribution in [3.63, 3.8) is 0 Å². The smallest absolute Gasteiger partial charge is 0.313 e. The number of carbonyl (C=O) groups excluding carboxylic acids is 2. The summed E-state index contributed by atoms with van der Waals surface area (Å²) in [5.74, 6) is -1.28. The second kappa shape index (κ2) is 8.26. The molecular formula is C15H20BrN3O3. The zero-order chi connectivity index (χ0) is 15.9. The lowest BCUT2D eigenvalue weighted by atomic mass is 10.2. The third kappa shape index (κ3) is 5.08. The summed E-state index contributed by atoms with van der Waals surface area (Å²) in [4.78, 5) is 25.8. The zero-order valence-corrected chi connectivity index (χ0v) is 14.1. The number of nitrogens with one attached hydrogen (secondary N) is 2. The van der Waals surface area contributed by atoms with Crippen LogP contribution in [-0.4, -0.2) is 56.1 Å². The Morgan fingerprint density at radius 3 is 2.68 bits per heavy atom. The van der Waals surface area contributed by atoms with E-state index in [1.165, 1.54) is 0 Å². The van der Waals surface area contributed by atoms with E-state index in [2.05, 4.69) is 31.5 Å².